The summed E-state index contributed by atoms with van der Waals surface area (Å²) in [5.74, 6) is 0.0764. The van der Waals surface area contributed by atoms with Crippen LogP contribution < -0.4 is 0 Å². The maximum absolute atomic E-state index is 11.8. The SMILES string of the molecule is CN(CCC#N)C(=O)CCN(CCO)C1CCC1. The standard InChI is InChI=1S/C13H23N3O2/c1-15(8-3-7-14)13(18)6-9-16(10-11-17)12-4-2-5-12/h12,17H,2-6,8-11H2,1H3. The van der Waals surface area contributed by atoms with E-state index in [1.54, 1.807) is 11.9 Å². The molecule has 1 aliphatic carbocycles. The molecule has 5 nitrogen and oxygen atoms in total. The molecule has 1 amide bonds. The van der Waals surface area contributed by atoms with Crippen molar-refractivity contribution < 1.29 is 9.90 Å². The van der Waals surface area contributed by atoms with E-state index in [0.29, 0.717) is 38.5 Å². The largest absolute Gasteiger partial charge is 0.395 e. The second-order valence-corrected chi connectivity index (χ2v) is 4.82. The quantitative estimate of drug-likeness (QED) is 0.687. The fourth-order valence-corrected chi connectivity index (χ4v) is 2.13. The molecule has 0 bridgehead atoms. The maximum atomic E-state index is 11.8. The van der Waals surface area contributed by atoms with Gasteiger partial charge in [-0.15, -0.1) is 0 Å². The molecule has 1 aliphatic rings. The van der Waals surface area contributed by atoms with Crippen LogP contribution in [0.4, 0.5) is 0 Å². The Bertz CT molecular complexity index is 297. The van der Waals surface area contributed by atoms with Crippen molar-refractivity contribution in [2.45, 2.75) is 38.1 Å². The average molecular weight is 253 g/mol. The van der Waals surface area contributed by atoms with Gasteiger partial charge in [0.05, 0.1) is 19.1 Å². The van der Waals surface area contributed by atoms with E-state index in [2.05, 4.69) is 4.90 Å². The van der Waals surface area contributed by atoms with E-state index in [4.69, 9.17) is 10.4 Å². The number of rotatable bonds is 8. The van der Waals surface area contributed by atoms with Gasteiger partial charge >= 0.3 is 0 Å². The third kappa shape index (κ3) is 4.63. The monoisotopic (exact) mass is 253 g/mol. The van der Waals surface area contributed by atoms with Crippen LogP contribution in [-0.2, 0) is 4.79 Å². The van der Waals surface area contributed by atoms with Crippen molar-refractivity contribution in [1.29, 1.82) is 5.26 Å². The number of nitriles is 1. The molecule has 0 atom stereocenters. The normalized spacial score (nSPS) is 15.2. The summed E-state index contributed by atoms with van der Waals surface area (Å²) in [6.45, 7) is 2.01. The van der Waals surface area contributed by atoms with Gasteiger partial charge in [-0.3, -0.25) is 9.69 Å². The average Bonchev–Trinajstić information content (AvgIpc) is 2.30. The lowest BCUT2D eigenvalue weighted by Gasteiger charge is -2.37. The summed E-state index contributed by atoms with van der Waals surface area (Å²) >= 11 is 0. The lowest BCUT2D eigenvalue weighted by atomic mass is 9.91. The number of aliphatic hydroxyl groups excluding tert-OH is 1. The Kier molecular flexibility index (Phi) is 6.69. The highest BCUT2D eigenvalue weighted by molar-refractivity contribution is 5.76. The summed E-state index contributed by atoms with van der Waals surface area (Å²) in [7, 11) is 1.74. The Balaban J connectivity index is 2.27. The smallest absolute Gasteiger partial charge is 0.223 e. The number of amides is 1. The van der Waals surface area contributed by atoms with Crippen molar-refractivity contribution in [3.63, 3.8) is 0 Å². The fraction of sp³-hybridized carbons (Fsp3) is 0.846. The molecule has 0 spiro atoms. The van der Waals surface area contributed by atoms with Crippen molar-refractivity contribution in [2.75, 3.05) is 33.3 Å². The van der Waals surface area contributed by atoms with Crippen molar-refractivity contribution >= 4 is 5.91 Å². The van der Waals surface area contributed by atoms with Gasteiger partial charge in [-0.05, 0) is 12.8 Å². The number of nitrogens with zero attached hydrogens (tertiary/aromatic N) is 3. The van der Waals surface area contributed by atoms with Gasteiger partial charge < -0.3 is 10.0 Å². The lowest BCUT2D eigenvalue weighted by molar-refractivity contribution is -0.130. The first kappa shape index (κ1) is 14.9. The van der Waals surface area contributed by atoms with E-state index >= 15 is 0 Å². The van der Waals surface area contributed by atoms with Crippen LogP contribution in [0.3, 0.4) is 0 Å². The van der Waals surface area contributed by atoms with Crippen LogP contribution in [0.25, 0.3) is 0 Å². The first-order valence-electron chi connectivity index (χ1n) is 6.65. The van der Waals surface area contributed by atoms with Crippen LogP contribution in [0.5, 0.6) is 0 Å². The number of hydrogen-bond acceptors (Lipinski definition) is 4. The number of hydrogen-bond donors (Lipinski definition) is 1. The Morgan fingerprint density at radius 2 is 2.11 bits per heavy atom. The highest BCUT2D eigenvalue weighted by atomic mass is 16.3. The number of carbonyl (C=O) groups is 1. The van der Waals surface area contributed by atoms with Gasteiger partial charge in [0.15, 0.2) is 0 Å². The van der Waals surface area contributed by atoms with E-state index in [1.165, 1.54) is 19.3 Å². The lowest BCUT2D eigenvalue weighted by Crippen LogP contribution is -2.43. The zero-order valence-corrected chi connectivity index (χ0v) is 11.1. The van der Waals surface area contributed by atoms with Gasteiger partial charge in [-0.2, -0.15) is 5.26 Å². The molecule has 1 saturated carbocycles. The number of carbonyl (C=O) groups excluding carboxylic acids is 1. The third-order valence-electron chi connectivity index (χ3n) is 3.58. The Morgan fingerprint density at radius 1 is 1.39 bits per heavy atom. The van der Waals surface area contributed by atoms with Gasteiger partial charge in [-0.1, -0.05) is 6.42 Å². The molecule has 1 fully saturated rings. The molecule has 0 aromatic heterocycles. The zero-order chi connectivity index (χ0) is 13.4. The van der Waals surface area contributed by atoms with Crippen LogP contribution in [0.15, 0.2) is 0 Å². The van der Waals surface area contributed by atoms with Crippen LogP contribution in [0, 0.1) is 11.3 Å². The molecule has 0 heterocycles. The van der Waals surface area contributed by atoms with Gasteiger partial charge in [0.1, 0.15) is 0 Å². The summed E-state index contributed by atoms with van der Waals surface area (Å²) in [6.07, 6.45) is 4.46. The van der Waals surface area contributed by atoms with Gasteiger partial charge in [0.2, 0.25) is 5.91 Å². The molecule has 5 heteroatoms. The maximum Gasteiger partial charge on any atom is 0.223 e. The second-order valence-electron chi connectivity index (χ2n) is 4.82. The molecule has 0 aromatic carbocycles. The van der Waals surface area contributed by atoms with Crippen LogP contribution in [-0.4, -0.2) is 60.1 Å². The van der Waals surface area contributed by atoms with E-state index in [1.807, 2.05) is 6.07 Å². The molecular weight excluding hydrogens is 230 g/mol. The number of aliphatic hydroxyl groups is 1. The molecule has 18 heavy (non-hydrogen) atoms. The predicted octanol–water partition coefficient (Wildman–Crippen LogP) is 0.595. The summed E-state index contributed by atoms with van der Waals surface area (Å²) < 4.78 is 0. The van der Waals surface area contributed by atoms with Crippen molar-refractivity contribution in [1.82, 2.24) is 9.80 Å². The zero-order valence-electron chi connectivity index (χ0n) is 11.1. The molecule has 0 aromatic rings. The third-order valence-corrected chi connectivity index (χ3v) is 3.58. The molecular formula is C13H23N3O2. The first-order valence-corrected chi connectivity index (χ1v) is 6.65. The van der Waals surface area contributed by atoms with Crippen LogP contribution >= 0.6 is 0 Å². The second kappa shape index (κ2) is 8.06. The Labute approximate surface area is 109 Å². The summed E-state index contributed by atoms with van der Waals surface area (Å²) in [5, 5.41) is 17.5. The minimum atomic E-state index is 0.0764. The highest BCUT2D eigenvalue weighted by Gasteiger charge is 2.24. The minimum absolute atomic E-state index is 0.0764. The Morgan fingerprint density at radius 3 is 2.61 bits per heavy atom. The van der Waals surface area contributed by atoms with Gasteiger partial charge in [-0.25, -0.2) is 0 Å². The van der Waals surface area contributed by atoms with Crippen LogP contribution in [0.1, 0.15) is 32.1 Å². The first-order chi connectivity index (χ1) is 8.69. The minimum Gasteiger partial charge on any atom is -0.395 e. The van der Waals surface area contributed by atoms with Crippen molar-refractivity contribution in [3.8, 4) is 6.07 Å². The fourth-order valence-electron chi connectivity index (χ4n) is 2.13. The molecule has 1 rings (SSSR count). The molecule has 1 N–H and O–H groups in total. The van der Waals surface area contributed by atoms with E-state index < -0.39 is 0 Å². The van der Waals surface area contributed by atoms with Crippen molar-refractivity contribution in [2.24, 2.45) is 0 Å². The van der Waals surface area contributed by atoms with E-state index in [0.717, 1.165) is 0 Å². The molecule has 0 aliphatic heterocycles. The van der Waals surface area contributed by atoms with E-state index in [9.17, 15) is 4.79 Å². The predicted molar refractivity (Wildman–Crippen MR) is 68.8 cm³/mol. The van der Waals surface area contributed by atoms with Gasteiger partial charge in [0, 0.05) is 39.1 Å². The highest BCUT2D eigenvalue weighted by Crippen LogP contribution is 2.24. The van der Waals surface area contributed by atoms with Crippen LogP contribution in [0.2, 0.25) is 0 Å². The summed E-state index contributed by atoms with van der Waals surface area (Å²) in [6, 6.07) is 2.59. The molecule has 102 valence electrons. The molecule has 0 saturated heterocycles. The Hall–Kier alpha value is -1.12. The summed E-state index contributed by atoms with van der Waals surface area (Å²) in [4.78, 5) is 15.6. The van der Waals surface area contributed by atoms with E-state index in [-0.39, 0.29) is 12.5 Å². The van der Waals surface area contributed by atoms with Crippen molar-refractivity contribution in [3.05, 3.63) is 0 Å². The summed E-state index contributed by atoms with van der Waals surface area (Å²) in [5.41, 5.74) is 0. The molecule has 0 unspecified atom stereocenters. The topological polar surface area (TPSA) is 67.6 Å². The van der Waals surface area contributed by atoms with Gasteiger partial charge in [0.25, 0.3) is 0 Å². The molecule has 0 radical (unpaired) electrons.